The number of hydrogen-bond acceptors (Lipinski definition) is 3. The molecule has 1 aromatic carbocycles. The minimum Gasteiger partial charge on any atom is -0.380 e. The summed E-state index contributed by atoms with van der Waals surface area (Å²) in [7, 11) is 1.84. The van der Waals surface area contributed by atoms with Gasteiger partial charge in [0, 0.05) is 31.6 Å². The van der Waals surface area contributed by atoms with Crippen LogP contribution in [0.3, 0.4) is 0 Å². The number of nitrogens with one attached hydrogen (secondary N) is 1. The third-order valence-electron chi connectivity index (χ3n) is 4.35. The van der Waals surface area contributed by atoms with Gasteiger partial charge in [-0.3, -0.25) is 10.00 Å². The molecule has 0 radical (unpaired) electrons. The van der Waals surface area contributed by atoms with Crippen LogP contribution < -0.4 is 0 Å². The van der Waals surface area contributed by atoms with Crippen molar-refractivity contribution < 1.29 is 4.74 Å². The van der Waals surface area contributed by atoms with Crippen molar-refractivity contribution in [3.8, 4) is 0 Å². The quantitative estimate of drug-likeness (QED) is 0.918. The Morgan fingerprint density at radius 3 is 2.86 bits per heavy atom. The summed E-state index contributed by atoms with van der Waals surface area (Å²) in [5.41, 5.74) is 2.55. The van der Waals surface area contributed by atoms with Crippen LogP contribution in [0.4, 0.5) is 0 Å². The highest BCUT2D eigenvalue weighted by atomic mass is 16.5. The lowest BCUT2D eigenvalue weighted by Crippen LogP contribution is -2.49. The maximum absolute atomic E-state index is 5.76. The van der Waals surface area contributed by atoms with Gasteiger partial charge in [0.15, 0.2) is 0 Å². The molecule has 0 unspecified atom stereocenters. The van der Waals surface area contributed by atoms with Crippen molar-refractivity contribution in [2.45, 2.75) is 38.0 Å². The molecule has 1 fully saturated rings. The van der Waals surface area contributed by atoms with Crippen LogP contribution in [0.15, 0.2) is 42.6 Å². The van der Waals surface area contributed by atoms with E-state index in [0.29, 0.717) is 12.1 Å². The number of hydrogen-bond donors (Lipinski definition) is 1. The summed E-state index contributed by atoms with van der Waals surface area (Å²) in [5, 5.41) is 7.12. The first kappa shape index (κ1) is 14.3. The van der Waals surface area contributed by atoms with Crippen molar-refractivity contribution in [1.29, 1.82) is 0 Å². The first-order valence-corrected chi connectivity index (χ1v) is 7.66. The maximum Gasteiger partial charge on any atom is 0.0730 e. The van der Waals surface area contributed by atoms with Crippen LogP contribution in [0.2, 0.25) is 0 Å². The summed E-state index contributed by atoms with van der Waals surface area (Å²) in [5.74, 6) is 0. The fourth-order valence-electron chi connectivity index (χ4n) is 3.27. The highest BCUT2D eigenvalue weighted by molar-refractivity contribution is 5.17. The van der Waals surface area contributed by atoms with E-state index in [1.165, 1.54) is 17.7 Å². The number of aromatic nitrogens is 2. The molecule has 1 aliphatic rings. The summed E-state index contributed by atoms with van der Waals surface area (Å²) in [6.07, 6.45) is 5.50. The molecule has 4 nitrogen and oxygen atoms in total. The topological polar surface area (TPSA) is 41.1 Å². The Morgan fingerprint density at radius 2 is 2.14 bits per heavy atom. The zero-order valence-corrected chi connectivity index (χ0v) is 12.5. The minimum absolute atomic E-state index is 0.307. The zero-order valence-electron chi connectivity index (χ0n) is 12.5. The second-order valence-electron chi connectivity index (χ2n) is 5.73. The van der Waals surface area contributed by atoms with Crippen LogP contribution in [0.1, 0.15) is 24.1 Å². The Morgan fingerprint density at radius 1 is 1.29 bits per heavy atom. The molecule has 2 heterocycles. The van der Waals surface area contributed by atoms with E-state index in [0.717, 1.165) is 25.9 Å². The lowest BCUT2D eigenvalue weighted by Gasteiger charge is -2.40. The van der Waals surface area contributed by atoms with Crippen molar-refractivity contribution in [3.63, 3.8) is 0 Å². The van der Waals surface area contributed by atoms with E-state index >= 15 is 0 Å². The Labute approximate surface area is 126 Å². The molecular weight excluding hydrogens is 262 g/mol. The molecule has 0 aliphatic carbocycles. The number of likely N-dealkylation sites (tertiary alicyclic amines) is 1. The third-order valence-corrected chi connectivity index (χ3v) is 4.35. The number of methoxy groups -OCH3 is 1. The number of H-pyrrole nitrogens is 1. The fraction of sp³-hybridized carbons (Fsp3) is 0.471. The zero-order chi connectivity index (χ0) is 14.5. The third kappa shape index (κ3) is 3.52. The van der Waals surface area contributed by atoms with Crippen molar-refractivity contribution in [3.05, 3.63) is 53.9 Å². The van der Waals surface area contributed by atoms with Crippen LogP contribution in [-0.2, 0) is 17.7 Å². The normalized spacial score (nSPS) is 23.3. The van der Waals surface area contributed by atoms with Gasteiger partial charge in [-0.05, 0) is 37.4 Å². The van der Waals surface area contributed by atoms with Crippen molar-refractivity contribution in [2.75, 3.05) is 13.7 Å². The van der Waals surface area contributed by atoms with E-state index in [9.17, 15) is 0 Å². The van der Waals surface area contributed by atoms with E-state index < -0.39 is 0 Å². The van der Waals surface area contributed by atoms with Gasteiger partial charge in [0.25, 0.3) is 0 Å². The number of benzene rings is 1. The largest absolute Gasteiger partial charge is 0.380 e. The molecule has 1 N–H and O–H groups in total. The van der Waals surface area contributed by atoms with E-state index in [4.69, 9.17) is 4.74 Å². The van der Waals surface area contributed by atoms with E-state index in [2.05, 4.69) is 51.5 Å². The highest BCUT2D eigenvalue weighted by Crippen LogP contribution is 2.24. The average molecular weight is 285 g/mol. The predicted octanol–water partition coefficient (Wildman–Crippen LogP) is 2.63. The molecule has 0 amide bonds. The molecule has 2 aromatic rings. The summed E-state index contributed by atoms with van der Waals surface area (Å²) in [6, 6.07) is 13.2. The van der Waals surface area contributed by atoms with Crippen LogP contribution in [0, 0.1) is 0 Å². The lowest BCUT2D eigenvalue weighted by molar-refractivity contribution is -0.0222. The van der Waals surface area contributed by atoms with Gasteiger partial charge in [0.05, 0.1) is 6.10 Å². The Hall–Kier alpha value is -1.65. The lowest BCUT2D eigenvalue weighted by atomic mass is 9.92. The van der Waals surface area contributed by atoms with Gasteiger partial charge >= 0.3 is 0 Å². The van der Waals surface area contributed by atoms with Gasteiger partial charge in [-0.2, -0.15) is 5.10 Å². The van der Waals surface area contributed by atoms with Crippen molar-refractivity contribution in [2.24, 2.45) is 0 Å². The van der Waals surface area contributed by atoms with E-state index in [1.54, 1.807) is 0 Å². The molecule has 0 saturated carbocycles. The minimum atomic E-state index is 0.307. The highest BCUT2D eigenvalue weighted by Gasteiger charge is 2.31. The first-order valence-electron chi connectivity index (χ1n) is 7.66. The molecule has 21 heavy (non-hydrogen) atoms. The van der Waals surface area contributed by atoms with Crippen LogP contribution in [0.5, 0.6) is 0 Å². The summed E-state index contributed by atoms with van der Waals surface area (Å²) in [4.78, 5) is 2.53. The molecule has 3 rings (SSSR count). The van der Waals surface area contributed by atoms with Gasteiger partial charge in [-0.15, -0.1) is 0 Å². The molecule has 0 spiro atoms. The molecule has 112 valence electrons. The SMILES string of the molecule is CO[C@H]1CCCN(Cc2ccn[nH]2)[C@H]1Cc1ccccc1. The van der Waals surface area contributed by atoms with Crippen molar-refractivity contribution in [1.82, 2.24) is 15.1 Å². The number of nitrogens with zero attached hydrogens (tertiary/aromatic N) is 2. The first-order chi connectivity index (χ1) is 10.4. The smallest absolute Gasteiger partial charge is 0.0730 e. The number of rotatable bonds is 5. The summed E-state index contributed by atoms with van der Waals surface area (Å²) >= 11 is 0. The summed E-state index contributed by atoms with van der Waals surface area (Å²) < 4.78 is 5.76. The molecule has 1 aliphatic heterocycles. The van der Waals surface area contributed by atoms with Gasteiger partial charge < -0.3 is 4.74 Å². The van der Waals surface area contributed by atoms with Crippen LogP contribution >= 0.6 is 0 Å². The summed E-state index contributed by atoms with van der Waals surface area (Å²) in [6.45, 7) is 2.04. The molecule has 1 aromatic heterocycles. The number of ether oxygens (including phenoxy) is 1. The number of piperidine rings is 1. The Balaban J connectivity index is 1.75. The van der Waals surface area contributed by atoms with Gasteiger partial charge in [-0.25, -0.2) is 0 Å². The predicted molar refractivity (Wildman–Crippen MR) is 83.0 cm³/mol. The molecule has 2 atom stereocenters. The fourth-order valence-corrected chi connectivity index (χ4v) is 3.27. The second kappa shape index (κ2) is 6.87. The average Bonchev–Trinajstić information content (AvgIpc) is 3.03. The maximum atomic E-state index is 5.76. The molecular formula is C17H23N3O. The molecule has 1 saturated heterocycles. The van der Waals surface area contributed by atoms with E-state index in [1.807, 2.05) is 13.3 Å². The molecule has 0 bridgehead atoms. The van der Waals surface area contributed by atoms with Crippen LogP contribution in [0.25, 0.3) is 0 Å². The number of aromatic amines is 1. The van der Waals surface area contributed by atoms with E-state index in [-0.39, 0.29) is 0 Å². The Kier molecular flexibility index (Phi) is 4.68. The van der Waals surface area contributed by atoms with Crippen molar-refractivity contribution >= 4 is 0 Å². The van der Waals surface area contributed by atoms with Gasteiger partial charge in [0.1, 0.15) is 0 Å². The van der Waals surface area contributed by atoms with Gasteiger partial charge in [-0.1, -0.05) is 30.3 Å². The van der Waals surface area contributed by atoms with Gasteiger partial charge in [0.2, 0.25) is 0 Å². The monoisotopic (exact) mass is 285 g/mol. The Bertz CT molecular complexity index is 526. The standard InChI is InChI=1S/C17H23N3O/c1-21-17-8-5-11-20(13-15-9-10-18-19-15)16(17)12-14-6-3-2-4-7-14/h2-4,6-7,9-10,16-17H,5,8,11-13H2,1H3,(H,18,19)/t16-,17-/m0/s1. The second-order valence-corrected chi connectivity index (χ2v) is 5.73. The molecule has 4 heteroatoms. The van der Waals surface area contributed by atoms with Crippen LogP contribution in [-0.4, -0.2) is 40.9 Å².